The van der Waals surface area contributed by atoms with Crippen molar-refractivity contribution in [2.24, 2.45) is 11.8 Å². The minimum Gasteiger partial charge on any atom is -0.300 e. The molecule has 1 nitrogen and oxygen atoms in total. The molecule has 0 saturated heterocycles. The summed E-state index contributed by atoms with van der Waals surface area (Å²) in [7, 11) is 0. The van der Waals surface area contributed by atoms with E-state index in [9.17, 15) is 4.79 Å². The molecule has 0 aromatic rings. The first-order chi connectivity index (χ1) is 4.62. The van der Waals surface area contributed by atoms with Crippen molar-refractivity contribution in [1.82, 2.24) is 0 Å². The molecule has 0 aliphatic heterocycles. The molecule has 2 aliphatic rings. The maximum Gasteiger partial charge on any atom is 0.134 e. The lowest BCUT2D eigenvalue weighted by molar-refractivity contribution is -0.121. The fourth-order valence-electron chi connectivity index (χ4n) is 2.12. The van der Waals surface area contributed by atoms with Crippen LogP contribution in [0, 0.1) is 11.8 Å². The molecule has 0 aromatic heterocycles. The van der Waals surface area contributed by atoms with Crippen LogP contribution >= 0.6 is 11.6 Å². The summed E-state index contributed by atoms with van der Waals surface area (Å²) in [6, 6.07) is 0. The monoisotopic (exact) mass is 158 g/mol. The van der Waals surface area contributed by atoms with Gasteiger partial charge in [0, 0.05) is 12.8 Å². The number of ketones is 1. The Balaban J connectivity index is 2.15. The maximum atomic E-state index is 11.0. The van der Waals surface area contributed by atoms with Gasteiger partial charge in [-0.05, 0) is 18.3 Å². The lowest BCUT2D eigenvalue weighted by atomic mass is 9.89. The molecule has 0 bridgehead atoms. The zero-order valence-corrected chi connectivity index (χ0v) is 6.82. The predicted octanol–water partition coefficient (Wildman–Crippen LogP) is 1.98. The second-order valence-corrected chi connectivity index (χ2v) is 4.49. The molecule has 3 atom stereocenters. The molecule has 2 aliphatic carbocycles. The van der Waals surface area contributed by atoms with Crippen LogP contribution < -0.4 is 0 Å². The van der Waals surface area contributed by atoms with Crippen molar-refractivity contribution in [2.45, 2.75) is 31.1 Å². The molecule has 2 rings (SSSR count). The molecule has 3 unspecified atom stereocenters. The van der Waals surface area contributed by atoms with Gasteiger partial charge in [-0.2, -0.15) is 0 Å². The first-order valence-electron chi connectivity index (χ1n) is 3.82. The highest BCUT2D eigenvalue weighted by Crippen LogP contribution is 2.59. The number of carbonyl (C=O) groups is 1. The molecule has 10 heavy (non-hydrogen) atoms. The van der Waals surface area contributed by atoms with Gasteiger partial charge in [-0.3, -0.25) is 4.79 Å². The Hall–Kier alpha value is -0.0400. The van der Waals surface area contributed by atoms with Gasteiger partial charge < -0.3 is 0 Å². The van der Waals surface area contributed by atoms with Crippen molar-refractivity contribution < 1.29 is 4.79 Å². The van der Waals surface area contributed by atoms with Crippen molar-refractivity contribution in [3.63, 3.8) is 0 Å². The Labute approximate surface area is 65.7 Å². The second kappa shape index (κ2) is 1.76. The van der Waals surface area contributed by atoms with Crippen LogP contribution in [0.5, 0.6) is 0 Å². The smallest absolute Gasteiger partial charge is 0.134 e. The third-order valence-corrected chi connectivity index (χ3v) is 3.36. The number of rotatable bonds is 0. The second-order valence-electron chi connectivity index (χ2n) is 3.74. The molecule has 56 valence electrons. The molecule has 2 saturated carbocycles. The van der Waals surface area contributed by atoms with E-state index in [1.807, 2.05) is 0 Å². The van der Waals surface area contributed by atoms with Crippen molar-refractivity contribution in [3.8, 4) is 0 Å². The average Bonchev–Trinajstić information content (AvgIpc) is 2.39. The Bertz CT molecular complexity index is 190. The third-order valence-electron chi connectivity index (χ3n) is 2.79. The topological polar surface area (TPSA) is 17.1 Å². The van der Waals surface area contributed by atoms with Gasteiger partial charge in [-0.15, -0.1) is 11.6 Å². The van der Waals surface area contributed by atoms with Gasteiger partial charge in [0.25, 0.3) is 0 Å². The van der Waals surface area contributed by atoms with Crippen molar-refractivity contribution in [2.75, 3.05) is 0 Å². The van der Waals surface area contributed by atoms with E-state index < -0.39 is 0 Å². The molecular weight excluding hydrogens is 148 g/mol. The standard InChI is InChI=1S/C8H11ClO/c1-5-2-6(10)3-8(9)4-7(5)8/h5,7H,2-4H2,1H3. The van der Waals surface area contributed by atoms with Crippen molar-refractivity contribution >= 4 is 17.4 Å². The van der Waals surface area contributed by atoms with Crippen LogP contribution in [0.15, 0.2) is 0 Å². The minimum absolute atomic E-state index is 0.0885. The highest BCUT2D eigenvalue weighted by atomic mass is 35.5. The van der Waals surface area contributed by atoms with E-state index >= 15 is 0 Å². The van der Waals surface area contributed by atoms with Crippen LogP contribution in [0.2, 0.25) is 0 Å². The summed E-state index contributed by atoms with van der Waals surface area (Å²) in [5.74, 6) is 1.54. The number of fused-ring (bicyclic) bond motifs is 1. The van der Waals surface area contributed by atoms with Gasteiger partial charge in [-0.25, -0.2) is 0 Å². The van der Waals surface area contributed by atoms with E-state index in [1.54, 1.807) is 0 Å². The van der Waals surface area contributed by atoms with Crippen LogP contribution in [0.25, 0.3) is 0 Å². The Morgan fingerprint density at radius 2 is 2.40 bits per heavy atom. The van der Waals surface area contributed by atoms with E-state index in [-0.39, 0.29) is 4.87 Å². The fraction of sp³-hybridized carbons (Fsp3) is 0.875. The zero-order valence-electron chi connectivity index (χ0n) is 6.06. The summed E-state index contributed by atoms with van der Waals surface area (Å²) in [6.45, 7) is 2.13. The third kappa shape index (κ3) is 0.800. The van der Waals surface area contributed by atoms with Gasteiger partial charge in [0.1, 0.15) is 5.78 Å². The summed E-state index contributed by atoms with van der Waals surface area (Å²) < 4.78 is 0. The summed E-state index contributed by atoms with van der Waals surface area (Å²) in [5.41, 5.74) is 0. The molecule has 2 heteroatoms. The molecule has 0 radical (unpaired) electrons. The number of alkyl halides is 1. The Morgan fingerprint density at radius 1 is 1.70 bits per heavy atom. The molecular formula is C8H11ClO. The molecule has 0 amide bonds. The zero-order chi connectivity index (χ0) is 7.35. The number of Topliss-reactive ketones (excluding diaryl/α,β-unsaturated/α-hetero) is 1. The minimum atomic E-state index is -0.0885. The maximum absolute atomic E-state index is 11.0. The van der Waals surface area contributed by atoms with Crippen LogP contribution in [0.1, 0.15) is 26.2 Å². The quantitative estimate of drug-likeness (QED) is 0.493. The van der Waals surface area contributed by atoms with Crippen LogP contribution in [0.4, 0.5) is 0 Å². The van der Waals surface area contributed by atoms with Crippen molar-refractivity contribution in [3.05, 3.63) is 0 Å². The van der Waals surface area contributed by atoms with Gasteiger partial charge in [0.2, 0.25) is 0 Å². The lowest BCUT2D eigenvalue weighted by Crippen LogP contribution is -2.23. The van der Waals surface area contributed by atoms with Gasteiger partial charge in [-0.1, -0.05) is 6.92 Å². The summed E-state index contributed by atoms with van der Waals surface area (Å²) >= 11 is 6.11. The van der Waals surface area contributed by atoms with Crippen LogP contribution in [-0.2, 0) is 4.79 Å². The molecule has 0 spiro atoms. The molecule has 0 N–H and O–H groups in total. The van der Waals surface area contributed by atoms with E-state index in [1.165, 1.54) is 0 Å². The van der Waals surface area contributed by atoms with Crippen LogP contribution in [0.3, 0.4) is 0 Å². The summed E-state index contributed by atoms with van der Waals surface area (Å²) in [6.07, 6.45) is 2.46. The fourth-order valence-corrected chi connectivity index (χ4v) is 2.65. The molecule has 2 fully saturated rings. The highest BCUT2D eigenvalue weighted by molar-refractivity contribution is 6.27. The number of hydrogen-bond donors (Lipinski definition) is 0. The molecule has 0 aromatic carbocycles. The SMILES string of the molecule is CC1CC(=O)CC2(Cl)CC12. The molecule has 0 heterocycles. The number of carbonyl (C=O) groups excluding carboxylic acids is 1. The van der Waals surface area contributed by atoms with Gasteiger partial charge in [0.05, 0.1) is 4.87 Å². The average molecular weight is 159 g/mol. The largest absolute Gasteiger partial charge is 0.300 e. The van der Waals surface area contributed by atoms with Gasteiger partial charge >= 0.3 is 0 Å². The number of hydrogen-bond acceptors (Lipinski definition) is 1. The lowest BCUT2D eigenvalue weighted by Gasteiger charge is -2.19. The van der Waals surface area contributed by atoms with E-state index in [0.717, 1.165) is 12.8 Å². The van der Waals surface area contributed by atoms with Crippen LogP contribution in [-0.4, -0.2) is 10.7 Å². The normalized spacial score (nSPS) is 52.4. The predicted molar refractivity (Wildman–Crippen MR) is 40.1 cm³/mol. The van der Waals surface area contributed by atoms with E-state index in [0.29, 0.717) is 24.0 Å². The Morgan fingerprint density at radius 3 is 3.00 bits per heavy atom. The van der Waals surface area contributed by atoms with E-state index in [2.05, 4.69) is 6.92 Å². The Kier molecular flexibility index (Phi) is 1.17. The van der Waals surface area contributed by atoms with E-state index in [4.69, 9.17) is 11.6 Å². The first kappa shape index (κ1) is 6.66. The highest BCUT2D eigenvalue weighted by Gasteiger charge is 2.58. The first-order valence-corrected chi connectivity index (χ1v) is 4.20. The van der Waals surface area contributed by atoms with Gasteiger partial charge in [0.15, 0.2) is 0 Å². The van der Waals surface area contributed by atoms with Crippen molar-refractivity contribution in [1.29, 1.82) is 0 Å². The number of halogens is 1. The summed E-state index contributed by atoms with van der Waals surface area (Å²) in [4.78, 5) is 10.9. The summed E-state index contributed by atoms with van der Waals surface area (Å²) in [5, 5.41) is 0.